The van der Waals surface area contributed by atoms with Gasteiger partial charge in [-0.05, 0) is 48.0 Å². The van der Waals surface area contributed by atoms with Crippen LogP contribution in [-0.4, -0.2) is 33.2 Å². The lowest BCUT2D eigenvalue weighted by Gasteiger charge is -2.09. The predicted molar refractivity (Wildman–Crippen MR) is 135 cm³/mol. The van der Waals surface area contributed by atoms with Crippen LogP contribution in [0.2, 0.25) is 0 Å². The van der Waals surface area contributed by atoms with Gasteiger partial charge in [0.1, 0.15) is 12.4 Å². The number of fused-ring (bicyclic) bond motifs is 1. The fourth-order valence-electron chi connectivity index (χ4n) is 3.79. The Labute approximate surface area is 212 Å². The predicted octanol–water partition coefficient (Wildman–Crippen LogP) is 3.22. The van der Waals surface area contributed by atoms with E-state index in [0.29, 0.717) is 22.2 Å². The second kappa shape index (κ2) is 10.1. The molecule has 2 N–H and O–H groups in total. The highest BCUT2D eigenvalue weighted by molar-refractivity contribution is 7.91. The van der Waals surface area contributed by atoms with Gasteiger partial charge in [-0.3, -0.25) is 9.59 Å². The number of nitrogens with one attached hydrogen (secondary N) is 2. The summed E-state index contributed by atoms with van der Waals surface area (Å²) in [6.45, 7) is 0.870. The van der Waals surface area contributed by atoms with Gasteiger partial charge in [-0.25, -0.2) is 25.9 Å². The third-order valence-corrected chi connectivity index (χ3v) is 8.56. The number of anilines is 1. The fraction of sp³-hybridized carbons (Fsp3) is 0.120. The van der Waals surface area contributed by atoms with Gasteiger partial charge in [0.25, 0.3) is 10.0 Å². The molecule has 1 heterocycles. The summed E-state index contributed by atoms with van der Waals surface area (Å²) in [5, 5.41) is 3.09. The number of amides is 2. The van der Waals surface area contributed by atoms with Gasteiger partial charge in [0, 0.05) is 29.7 Å². The minimum atomic E-state index is -4.01. The van der Waals surface area contributed by atoms with Gasteiger partial charge in [0.05, 0.1) is 15.5 Å². The van der Waals surface area contributed by atoms with Crippen molar-refractivity contribution in [1.29, 1.82) is 0 Å². The van der Waals surface area contributed by atoms with Crippen molar-refractivity contribution in [3.63, 3.8) is 0 Å². The molecule has 0 fully saturated rings. The van der Waals surface area contributed by atoms with E-state index in [1.807, 2.05) is 4.72 Å². The monoisotopic (exact) mass is 543 g/mol. The van der Waals surface area contributed by atoms with Gasteiger partial charge in [-0.2, -0.15) is 0 Å². The Hall–Kier alpha value is -4.03. The SMILES string of the molecule is CC(=O)NS(=O)(=O)c1ccc(NC(=O)Cn2cc(S(=O)(=O)Cc3ccc(F)cc3)c3ccccc32)cc1. The Morgan fingerprint density at radius 3 is 2.19 bits per heavy atom. The highest BCUT2D eigenvalue weighted by Crippen LogP contribution is 2.28. The second-order valence-corrected chi connectivity index (χ2v) is 11.9. The first-order chi connectivity index (χ1) is 17.4. The van der Waals surface area contributed by atoms with Crippen LogP contribution in [0, 0.1) is 5.82 Å². The molecule has 3 aromatic carbocycles. The summed E-state index contributed by atoms with van der Waals surface area (Å²) in [7, 11) is -7.82. The van der Waals surface area contributed by atoms with E-state index in [1.165, 1.54) is 59.3 Å². The number of carbonyl (C=O) groups is 2. The number of benzene rings is 3. The van der Waals surface area contributed by atoms with Crippen LogP contribution >= 0.6 is 0 Å². The molecule has 4 aromatic rings. The molecule has 0 saturated heterocycles. The molecule has 0 aliphatic rings. The molecule has 0 aliphatic heterocycles. The molecule has 192 valence electrons. The molecule has 0 aliphatic carbocycles. The van der Waals surface area contributed by atoms with Crippen molar-refractivity contribution in [3.05, 3.63) is 90.4 Å². The zero-order valence-corrected chi connectivity index (χ0v) is 21.1. The number of para-hydroxylation sites is 1. The largest absolute Gasteiger partial charge is 0.337 e. The summed E-state index contributed by atoms with van der Waals surface area (Å²) in [4.78, 5) is 23.7. The highest BCUT2D eigenvalue weighted by Gasteiger charge is 2.23. The van der Waals surface area contributed by atoms with Crippen LogP contribution in [0.4, 0.5) is 10.1 Å². The fourth-order valence-corrected chi connectivity index (χ4v) is 6.36. The highest BCUT2D eigenvalue weighted by atomic mass is 32.2. The van der Waals surface area contributed by atoms with E-state index in [0.717, 1.165) is 6.92 Å². The van der Waals surface area contributed by atoms with Gasteiger partial charge in [-0.1, -0.05) is 30.3 Å². The van der Waals surface area contributed by atoms with E-state index < -0.39 is 37.5 Å². The summed E-state index contributed by atoms with van der Waals surface area (Å²) in [6, 6.07) is 17.2. The number of halogens is 1. The smallest absolute Gasteiger partial charge is 0.264 e. The first-order valence-corrected chi connectivity index (χ1v) is 14.1. The van der Waals surface area contributed by atoms with Crippen molar-refractivity contribution < 1.29 is 30.8 Å². The molecule has 37 heavy (non-hydrogen) atoms. The minimum Gasteiger partial charge on any atom is -0.337 e. The van der Waals surface area contributed by atoms with Crippen LogP contribution in [0.25, 0.3) is 10.9 Å². The zero-order chi connectivity index (χ0) is 26.8. The van der Waals surface area contributed by atoms with E-state index in [-0.39, 0.29) is 22.1 Å². The summed E-state index contributed by atoms with van der Waals surface area (Å²) in [6.07, 6.45) is 1.40. The molecule has 0 unspecified atom stereocenters. The van der Waals surface area contributed by atoms with Crippen molar-refractivity contribution in [2.75, 3.05) is 5.32 Å². The lowest BCUT2D eigenvalue weighted by molar-refractivity contribution is -0.117. The lowest BCUT2D eigenvalue weighted by atomic mass is 10.2. The van der Waals surface area contributed by atoms with Crippen LogP contribution in [0.5, 0.6) is 0 Å². The number of aromatic nitrogens is 1. The Morgan fingerprint density at radius 2 is 1.54 bits per heavy atom. The van der Waals surface area contributed by atoms with Crippen molar-refractivity contribution in [2.24, 2.45) is 0 Å². The first-order valence-electron chi connectivity index (χ1n) is 10.9. The summed E-state index contributed by atoms with van der Waals surface area (Å²) >= 11 is 0. The van der Waals surface area contributed by atoms with E-state index in [9.17, 15) is 30.8 Å². The Balaban J connectivity index is 1.55. The van der Waals surface area contributed by atoms with E-state index >= 15 is 0 Å². The maximum atomic E-state index is 13.2. The molecule has 4 rings (SSSR count). The quantitative estimate of drug-likeness (QED) is 0.351. The minimum absolute atomic E-state index is 0.0488. The number of nitrogens with zero attached hydrogens (tertiary/aromatic N) is 1. The third-order valence-electron chi connectivity index (χ3n) is 5.40. The van der Waals surface area contributed by atoms with Crippen LogP contribution < -0.4 is 10.0 Å². The molecule has 1 aromatic heterocycles. The summed E-state index contributed by atoms with van der Waals surface area (Å²) in [5.74, 6) is -2.00. The third kappa shape index (κ3) is 6.04. The molecule has 0 atom stereocenters. The molecular weight excluding hydrogens is 521 g/mol. The van der Waals surface area contributed by atoms with Crippen LogP contribution in [-0.2, 0) is 41.7 Å². The van der Waals surface area contributed by atoms with Crippen LogP contribution in [0.3, 0.4) is 0 Å². The summed E-state index contributed by atoms with van der Waals surface area (Å²) in [5.41, 5.74) is 1.28. The molecule has 2 amide bonds. The number of sulfonamides is 1. The Morgan fingerprint density at radius 1 is 0.892 bits per heavy atom. The molecule has 12 heteroatoms. The second-order valence-electron chi connectivity index (χ2n) is 8.26. The average molecular weight is 544 g/mol. The van der Waals surface area contributed by atoms with Crippen molar-refractivity contribution in [3.8, 4) is 0 Å². The molecular formula is C25H22FN3O6S2. The standard InChI is InChI=1S/C25H22FN3O6S2/c1-17(30)28-37(34,35)21-12-10-20(11-13-21)27-25(31)15-29-14-24(22-4-2-3-5-23(22)29)36(32,33)16-18-6-8-19(26)9-7-18/h2-14H,15-16H2,1H3,(H,27,31)(H,28,30). The lowest BCUT2D eigenvalue weighted by Crippen LogP contribution is -2.28. The topological polar surface area (TPSA) is 131 Å². The first kappa shape index (κ1) is 26.0. The van der Waals surface area contributed by atoms with Gasteiger partial charge in [0.2, 0.25) is 11.8 Å². The average Bonchev–Trinajstić information content (AvgIpc) is 3.19. The maximum Gasteiger partial charge on any atom is 0.264 e. The number of rotatable bonds is 8. The van der Waals surface area contributed by atoms with E-state index in [1.54, 1.807) is 24.3 Å². The normalized spacial score (nSPS) is 11.8. The summed E-state index contributed by atoms with van der Waals surface area (Å²) < 4.78 is 67.1. The molecule has 0 bridgehead atoms. The van der Waals surface area contributed by atoms with Gasteiger partial charge >= 0.3 is 0 Å². The Bertz CT molecular complexity index is 1700. The van der Waals surface area contributed by atoms with Gasteiger partial charge < -0.3 is 9.88 Å². The van der Waals surface area contributed by atoms with Crippen molar-refractivity contribution in [1.82, 2.24) is 9.29 Å². The van der Waals surface area contributed by atoms with Crippen molar-refractivity contribution in [2.45, 2.75) is 29.0 Å². The number of carbonyl (C=O) groups excluding carboxylic acids is 2. The van der Waals surface area contributed by atoms with Crippen LogP contribution in [0.1, 0.15) is 12.5 Å². The van der Waals surface area contributed by atoms with E-state index in [2.05, 4.69) is 5.32 Å². The van der Waals surface area contributed by atoms with Crippen LogP contribution in [0.15, 0.2) is 88.8 Å². The maximum absolute atomic E-state index is 13.2. The number of hydrogen-bond acceptors (Lipinski definition) is 6. The van der Waals surface area contributed by atoms with E-state index in [4.69, 9.17) is 0 Å². The Kier molecular flexibility index (Phi) is 7.14. The number of hydrogen-bond donors (Lipinski definition) is 2. The molecule has 0 radical (unpaired) electrons. The van der Waals surface area contributed by atoms with Gasteiger partial charge in [0.15, 0.2) is 9.84 Å². The molecule has 9 nitrogen and oxygen atoms in total. The molecule has 0 saturated carbocycles. The zero-order valence-electron chi connectivity index (χ0n) is 19.5. The number of sulfone groups is 1. The molecule has 0 spiro atoms. The van der Waals surface area contributed by atoms with Gasteiger partial charge in [-0.15, -0.1) is 0 Å². The van der Waals surface area contributed by atoms with Crippen molar-refractivity contribution >= 4 is 48.3 Å².